The van der Waals surface area contributed by atoms with Gasteiger partial charge in [-0.2, -0.15) is 5.10 Å². The van der Waals surface area contributed by atoms with Crippen molar-refractivity contribution >= 4 is 34.8 Å². The molecule has 0 atom stereocenters. The molecule has 3 heterocycles. The highest BCUT2D eigenvalue weighted by Crippen LogP contribution is 2.40. The molecule has 0 spiro atoms. The minimum Gasteiger partial charge on any atom is -0.467 e. The molecule has 1 saturated heterocycles. The first-order valence-corrected chi connectivity index (χ1v) is 15.0. The van der Waals surface area contributed by atoms with Crippen LogP contribution in [0.4, 0.5) is 10.6 Å². The molecule has 3 aliphatic rings. The lowest BCUT2D eigenvalue weighted by Crippen LogP contribution is -2.42. The third-order valence-electron chi connectivity index (χ3n) is 7.90. The van der Waals surface area contributed by atoms with E-state index in [-0.39, 0.29) is 48.4 Å². The van der Waals surface area contributed by atoms with Crippen LogP contribution < -0.4 is 9.64 Å². The van der Waals surface area contributed by atoms with Crippen LogP contribution in [0.5, 0.6) is 5.75 Å². The first-order chi connectivity index (χ1) is 20.6. The van der Waals surface area contributed by atoms with E-state index in [1.807, 2.05) is 55.8 Å². The van der Waals surface area contributed by atoms with Crippen molar-refractivity contribution < 1.29 is 28.6 Å². The summed E-state index contributed by atoms with van der Waals surface area (Å²) in [6.45, 7) is 6.60. The molecule has 6 rings (SSSR count). The quantitative estimate of drug-likeness (QED) is 0.270. The van der Waals surface area contributed by atoms with Crippen LogP contribution in [0.15, 0.2) is 30.3 Å². The SMILES string of the molecule is COCOc1ccccc1-c1cc2c(nn1)c(N(C(=O)C1CC1)C(=O)C1CC1)nn2C1CCN(C(=O)OC(C)(C)C)CC1. The number of carbonyl (C=O) groups excluding carboxylic acids is 3. The molecule has 1 aromatic carbocycles. The molecule has 12 nitrogen and oxygen atoms in total. The number of ether oxygens (including phenoxy) is 3. The van der Waals surface area contributed by atoms with E-state index in [9.17, 15) is 14.4 Å². The van der Waals surface area contributed by atoms with Crippen molar-refractivity contribution in [1.29, 1.82) is 0 Å². The number of imide groups is 1. The third-order valence-corrected chi connectivity index (χ3v) is 7.90. The molecule has 3 amide bonds. The number of hydrogen-bond acceptors (Lipinski definition) is 9. The minimum absolute atomic E-state index is 0.0759. The number of piperidine rings is 1. The third kappa shape index (κ3) is 6.20. The maximum atomic E-state index is 13.5. The molecule has 0 N–H and O–H groups in total. The number of aromatic nitrogens is 4. The first-order valence-electron chi connectivity index (χ1n) is 15.0. The average Bonchev–Trinajstić information content (AvgIpc) is 3.92. The Morgan fingerprint density at radius 1 is 0.953 bits per heavy atom. The van der Waals surface area contributed by atoms with Gasteiger partial charge >= 0.3 is 6.09 Å². The number of rotatable bonds is 8. The topological polar surface area (TPSA) is 129 Å². The molecule has 0 radical (unpaired) electrons. The molecular formula is C31H38N6O6. The zero-order chi connectivity index (χ0) is 30.3. The van der Waals surface area contributed by atoms with Crippen LogP contribution in [0.2, 0.25) is 0 Å². The normalized spacial score (nSPS) is 17.6. The average molecular weight is 591 g/mol. The van der Waals surface area contributed by atoms with Gasteiger partial charge in [0.1, 0.15) is 11.4 Å². The highest BCUT2D eigenvalue weighted by atomic mass is 16.7. The van der Waals surface area contributed by atoms with Crippen molar-refractivity contribution in [3.63, 3.8) is 0 Å². The van der Waals surface area contributed by atoms with Crippen LogP contribution in [-0.4, -0.2) is 75.4 Å². The van der Waals surface area contributed by atoms with Crippen LogP contribution in [0.1, 0.15) is 65.3 Å². The van der Waals surface area contributed by atoms with Gasteiger partial charge in [0.15, 0.2) is 18.1 Å². The number of amides is 3. The van der Waals surface area contributed by atoms with E-state index in [1.165, 1.54) is 4.90 Å². The van der Waals surface area contributed by atoms with Gasteiger partial charge in [0.2, 0.25) is 11.8 Å². The largest absolute Gasteiger partial charge is 0.467 e. The molecule has 2 saturated carbocycles. The van der Waals surface area contributed by atoms with Crippen LogP contribution in [-0.2, 0) is 19.1 Å². The number of benzene rings is 1. The van der Waals surface area contributed by atoms with E-state index in [0.29, 0.717) is 48.4 Å². The molecular weight excluding hydrogens is 552 g/mol. The second kappa shape index (κ2) is 11.6. The first kappa shape index (κ1) is 29.0. The van der Waals surface area contributed by atoms with Gasteiger partial charge in [0.25, 0.3) is 0 Å². The Morgan fingerprint density at radius 2 is 1.60 bits per heavy atom. The molecule has 43 heavy (non-hydrogen) atoms. The van der Waals surface area contributed by atoms with Crippen molar-refractivity contribution in [2.24, 2.45) is 11.8 Å². The standard InChI is InChI=1S/C31H38N6O6/c1-31(2,3)43-30(40)35-15-13-21(14-16-35)37-24-17-23(22-7-5-6-8-25(22)42-18-41-4)32-33-26(24)27(34-37)36(28(38)19-9-10-19)29(39)20-11-12-20/h5-8,17,19-21H,9-16,18H2,1-4H3. The van der Waals surface area contributed by atoms with Crippen molar-refractivity contribution in [1.82, 2.24) is 24.9 Å². The molecule has 3 fully saturated rings. The number of nitrogens with zero attached hydrogens (tertiary/aromatic N) is 6. The van der Waals surface area contributed by atoms with Gasteiger partial charge in [-0.3, -0.25) is 14.3 Å². The van der Waals surface area contributed by atoms with E-state index in [2.05, 4.69) is 10.2 Å². The lowest BCUT2D eigenvalue weighted by atomic mass is 10.1. The predicted molar refractivity (Wildman–Crippen MR) is 157 cm³/mol. The highest BCUT2D eigenvalue weighted by molar-refractivity contribution is 6.19. The summed E-state index contributed by atoms with van der Waals surface area (Å²) < 4.78 is 18.3. The van der Waals surface area contributed by atoms with Crippen LogP contribution in [0.3, 0.4) is 0 Å². The molecule has 2 aromatic heterocycles. The summed E-state index contributed by atoms with van der Waals surface area (Å²) in [4.78, 5) is 42.7. The second-order valence-electron chi connectivity index (χ2n) is 12.5. The summed E-state index contributed by atoms with van der Waals surface area (Å²) in [6.07, 6.45) is 3.97. The fourth-order valence-corrected chi connectivity index (χ4v) is 5.37. The number of carbonyl (C=O) groups is 3. The Kier molecular flexibility index (Phi) is 7.80. The van der Waals surface area contributed by atoms with Crippen LogP contribution >= 0.6 is 0 Å². The molecule has 1 aliphatic heterocycles. The highest BCUT2D eigenvalue weighted by Gasteiger charge is 2.44. The fraction of sp³-hybridized carbons (Fsp3) is 0.548. The summed E-state index contributed by atoms with van der Waals surface area (Å²) in [6, 6.07) is 9.27. The van der Waals surface area contributed by atoms with Gasteiger partial charge in [-0.05, 0) is 77.5 Å². The molecule has 12 heteroatoms. The summed E-state index contributed by atoms with van der Waals surface area (Å²) in [5, 5.41) is 14.0. The van der Waals surface area contributed by atoms with Crippen LogP contribution in [0.25, 0.3) is 22.3 Å². The lowest BCUT2D eigenvalue weighted by molar-refractivity contribution is -0.128. The Labute approximate surface area is 250 Å². The summed E-state index contributed by atoms with van der Waals surface area (Å²) in [5.74, 6) is 0.0551. The Balaban J connectivity index is 1.39. The van der Waals surface area contributed by atoms with E-state index in [1.54, 1.807) is 12.0 Å². The van der Waals surface area contributed by atoms with Crippen molar-refractivity contribution in [2.45, 2.75) is 70.9 Å². The monoisotopic (exact) mass is 590 g/mol. The van der Waals surface area contributed by atoms with E-state index in [4.69, 9.17) is 19.3 Å². The van der Waals surface area contributed by atoms with E-state index < -0.39 is 5.60 Å². The molecule has 0 bridgehead atoms. The summed E-state index contributed by atoms with van der Waals surface area (Å²) in [7, 11) is 1.56. The lowest BCUT2D eigenvalue weighted by Gasteiger charge is -2.33. The zero-order valence-electron chi connectivity index (χ0n) is 25.1. The molecule has 0 unspecified atom stereocenters. The van der Waals surface area contributed by atoms with Crippen molar-refractivity contribution in [3.8, 4) is 17.0 Å². The number of methoxy groups -OCH3 is 1. The number of likely N-dealkylation sites (tertiary alicyclic amines) is 1. The second-order valence-corrected chi connectivity index (χ2v) is 12.5. The van der Waals surface area contributed by atoms with Crippen molar-refractivity contribution in [2.75, 3.05) is 31.9 Å². The number of fused-ring (bicyclic) bond motifs is 1. The molecule has 3 aromatic rings. The smallest absolute Gasteiger partial charge is 0.410 e. The zero-order valence-corrected chi connectivity index (χ0v) is 25.1. The van der Waals surface area contributed by atoms with E-state index >= 15 is 0 Å². The van der Waals surface area contributed by atoms with Gasteiger partial charge in [-0.1, -0.05) is 12.1 Å². The minimum atomic E-state index is -0.578. The van der Waals surface area contributed by atoms with Gasteiger partial charge < -0.3 is 19.1 Å². The Morgan fingerprint density at radius 3 is 2.21 bits per heavy atom. The molecule has 2 aliphatic carbocycles. The van der Waals surface area contributed by atoms with Gasteiger partial charge in [-0.25, -0.2) is 9.69 Å². The van der Waals surface area contributed by atoms with E-state index in [0.717, 1.165) is 31.2 Å². The number of hydrogen-bond donors (Lipinski definition) is 0. The number of para-hydroxylation sites is 1. The van der Waals surface area contributed by atoms with Gasteiger partial charge in [0.05, 0.1) is 17.3 Å². The van der Waals surface area contributed by atoms with Gasteiger partial charge in [-0.15, -0.1) is 10.2 Å². The van der Waals surface area contributed by atoms with Gasteiger partial charge in [0, 0.05) is 37.6 Å². The predicted octanol–water partition coefficient (Wildman–Crippen LogP) is 4.73. The number of anilines is 1. The fourth-order valence-electron chi connectivity index (χ4n) is 5.37. The maximum absolute atomic E-state index is 13.5. The van der Waals surface area contributed by atoms with Crippen molar-refractivity contribution in [3.05, 3.63) is 30.3 Å². The Hall–Kier alpha value is -4.06. The van der Waals surface area contributed by atoms with Crippen LogP contribution in [0, 0.1) is 11.8 Å². The maximum Gasteiger partial charge on any atom is 0.410 e. The Bertz CT molecular complexity index is 1510. The molecule has 228 valence electrons. The summed E-state index contributed by atoms with van der Waals surface area (Å²) in [5.41, 5.74) is 1.77. The summed E-state index contributed by atoms with van der Waals surface area (Å²) >= 11 is 0.